The zero-order valence-electron chi connectivity index (χ0n) is 14.6. The van der Waals surface area contributed by atoms with Crippen LogP contribution in [0.4, 0.5) is 0 Å². The van der Waals surface area contributed by atoms with Gasteiger partial charge in [0.05, 0.1) is 6.10 Å². The van der Waals surface area contributed by atoms with Crippen LogP contribution in [0.5, 0.6) is 0 Å². The molecule has 0 spiro atoms. The van der Waals surface area contributed by atoms with Crippen LogP contribution >= 0.6 is 11.6 Å². The molecule has 1 aromatic carbocycles. The number of hydrogen-bond donors (Lipinski definition) is 1. The molecule has 6 heteroatoms. The molecule has 1 aromatic rings. The molecule has 0 unspecified atom stereocenters. The zero-order valence-corrected chi connectivity index (χ0v) is 15.4. The normalized spacial score (nSPS) is 26.3. The fourth-order valence-electron chi connectivity index (χ4n) is 3.55. The third kappa shape index (κ3) is 4.82. The van der Waals surface area contributed by atoms with E-state index in [1.807, 2.05) is 12.1 Å². The molecule has 136 valence electrons. The second kappa shape index (κ2) is 8.32. The number of aliphatic hydroxyl groups excluding tert-OH is 1. The van der Waals surface area contributed by atoms with Crippen molar-refractivity contribution in [2.24, 2.45) is 0 Å². The highest BCUT2D eigenvalue weighted by Crippen LogP contribution is 2.19. The number of β-amino-alcohol motifs (C(OH)–C–C–N with tert-alkyl or cyclic N) is 1. The van der Waals surface area contributed by atoms with Crippen LogP contribution in [0, 0.1) is 0 Å². The molecular weight excluding hydrogens is 338 g/mol. The standard InChI is InChI=1S/C19H26ClN3O2/c1-21-10-12-22(13-11-21)17-8-9-23(14-18(17)24)19(25)7-4-15-2-5-16(20)6-3-15/h2-7,17-18,24H,8-14H2,1H3/b7-4+/t17-,18-/m1/s1. The number of likely N-dealkylation sites (N-methyl/N-ethyl adjacent to an activating group) is 1. The van der Waals surface area contributed by atoms with E-state index in [0.717, 1.165) is 38.2 Å². The minimum Gasteiger partial charge on any atom is -0.390 e. The number of rotatable bonds is 3. The molecule has 2 heterocycles. The molecule has 2 aliphatic rings. The summed E-state index contributed by atoms with van der Waals surface area (Å²) >= 11 is 5.86. The van der Waals surface area contributed by atoms with Crippen LogP contribution in [0.25, 0.3) is 6.08 Å². The molecule has 5 nitrogen and oxygen atoms in total. The molecule has 0 aliphatic carbocycles. The van der Waals surface area contributed by atoms with Crippen LogP contribution < -0.4 is 0 Å². The minimum atomic E-state index is -0.481. The number of carbonyl (C=O) groups excluding carboxylic acids is 1. The number of piperazine rings is 1. The van der Waals surface area contributed by atoms with E-state index in [9.17, 15) is 9.90 Å². The summed E-state index contributed by atoms with van der Waals surface area (Å²) in [6.07, 6.45) is 3.71. The van der Waals surface area contributed by atoms with Gasteiger partial charge >= 0.3 is 0 Å². The van der Waals surface area contributed by atoms with Gasteiger partial charge in [-0.25, -0.2) is 0 Å². The van der Waals surface area contributed by atoms with Crippen molar-refractivity contribution in [2.45, 2.75) is 18.6 Å². The number of halogens is 1. The molecule has 25 heavy (non-hydrogen) atoms. The number of hydrogen-bond acceptors (Lipinski definition) is 4. The lowest BCUT2D eigenvalue weighted by Gasteiger charge is -2.44. The van der Waals surface area contributed by atoms with Crippen molar-refractivity contribution in [3.8, 4) is 0 Å². The number of carbonyl (C=O) groups is 1. The summed E-state index contributed by atoms with van der Waals surface area (Å²) in [5.41, 5.74) is 0.936. The van der Waals surface area contributed by atoms with Gasteiger partial charge in [-0.1, -0.05) is 23.7 Å². The van der Waals surface area contributed by atoms with E-state index in [4.69, 9.17) is 11.6 Å². The van der Waals surface area contributed by atoms with Crippen molar-refractivity contribution >= 4 is 23.6 Å². The zero-order chi connectivity index (χ0) is 17.8. The monoisotopic (exact) mass is 363 g/mol. The second-order valence-corrected chi connectivity index (χ2v) is 7.37. The summed E-state index contributed by atoms with van der Waals surface area (Å²) < 4.78 is 0. The van der Waals surface area contributed by atoms with Crippen molar-refractivity contribution in [2.75, 3.05) is 46.3 Å². The van der Waals surface area contributed by atoms with E-state index in [0.29, 0.717) is 18.1 Å². The average molecular weight is 364 g/mol. The number of likely N-dealkylation sites (tertiary alicyclic amines) is 1. The largest absolute Gasteiger partial charge is 0.390 e. The van der Waals surface area contributed by atoms with Gasteiger partial charge in [-0.15, -0.1) is 0 Å². The fraction of sp³-hybridized carbons (Fsp3) is 0.526. The van der Waals surface area contributed by atoms with Crippen molar-refractivity contribution < 1.29 is 9.90 Å². The van der Waals surface area contributed by atoms with Crippen LogP contribution in [0.3, 0.4) is 0 Å². The SMILES string of the molecule is CN1CCN([C@@H]2CCN(C(=O)/C=C/c3ccc(Cl)cc3)C[C@H]2O)CC1. The topological polar surface area (TPSA) is 47.0 Å². The molecule has 0 saturated carbocycles. The van der Waals surface area contributed by atoms with Gasteiger partial charge in [-0.2, -0.15) is 0 Å². The van der Waals surface area contributed by atoms with Gasteiger partial charge in [-0.05, 0) is 37.2 Å². The molecule has 0 radical (unpaired) electrons. The fourth-order valence-corrected chi connectivity index (χ4v) is 3.67. The lowest BCUT2D eigenvalue weighted by atomic mass is 9.99. The maximum atomic E-state index is 12.4. The Morgan fingerprint density at radius 2 is 1.84 bits per heavy atom. The number of piperidine rings is 1. The molecule has 3 rings (SSSR count). The number of nitrogens with zero attached hydrogens (tertiary/aromatic N) is 3. The Morgan fingerprint density at radius 3 is 2.48 bits per heavy atom. The Kier molecular flexibility index (Phi) is 6.12. The first-order valence-corrected chi connectivity index (χ1v) is 9.24. The van der Waals surface area contributed by atoms with Gasteiger partial charge < -0.3 is 14.9 Å². The first-order valence-electron chi connectivity index (χ1n) is 8.86. The Balaban J connectivity index is 1.53. The van der Waals surface area contributed by atoms with Crippen molar-refractivity contribution in [1.82, 2.24) is 14.7 Å². The van der Waals surface area contributed by atoms with E-state index in [2.05, 4.69) is 16.8 Å². The first-order chi connectivity index (χ1) is 12.0. The summed E-state index contributed by atoms with van der Waals surface area (Å²) in [4.78, 5) is 18.8. The smallest absolute Gasteiger partial charge is 0.246 e. The molecule has 2 saturated heterocycles. The van der Waals surface area contributed by atoms with Crippen LogP contribution in [0.1, 0.15) is 12.0 Å². The molecular formula is C19H26ClN3O2. The first kappa shape index (κ1) is 18.4. The van der Waals surface area contributed by atoms with Crippen LogP contribution in [-0.2, 0) is 4.79 Å². The highest BCUT2D eigenvalue weighted by molar-refractivity contribution is 6.30. The summed E-state index contributed by atoms with van der Waals surface area (Å²) in [5, 5.41) is 11.2. The maximum absolute atomic E-state index is 12.4. The van der Waals surface area contributed by atoms with E-state index >= 15 is 0 Å². The molecule has 1 amide bonds. The Labute approximate surface area is 154 Å². The second-order valence-electron chi connectivity index (χ2n) is 6.93. The van der Waals surface area contributed by atoms with E-state index in [1.165, 1.54) is 0 Å². The van der Waals surface area contributed by atoms with Gasteiger partial charge in [0, 0.05) is 56.4 Å². The summed E-state index contributed by atoms with van der Waals surface area (Å²) in [6.45, 7) is 5.15. The summed E-state index contributed by atoms with van der Waals surface area (Å²) in [5.74, 6) is -0.0502. The van der Waals surface area contributed by atoms with E-state index in [1.54, 1.807) is 29.2 Å². The Hall–Kier alpha value is -1.40. The lowest BCUT2D eigenvalue weighted by molar-refractivity contribution is -0.131. The quantitative estimate of drug-likeness (QED) is 0.828. The molecule has 2 atom stereocenters. The lowest BCUT2D eigenvalue weighted by Crippen LogP contribution is -2.58. The van der Waals surface area contributed by atoms with Crippen LogP contribution in [-0.4, -0.2) is 84.2 Å². The Bertz CT molecular complexity index is 612. The van der Waals surface area contributed by atoms with Gasteiger partial charge in [0.15, 0.2) is 0 Å². The maximum Gasteiger partial charge on any atom is 0.246 e. The highest BCUT2D eigenvalue weighted by atomic mass is 35.5. The predicted octanol–water partition coefficient (Wildman–Crippen LogP) is 1.56. The summed E-state index contributed by atoms with van der Waals surface area (Å²) in [7, 11) is 2.13. The van der Waals surface area contributed by atoms with Gasteiger partial charge in [0.25, 0.3) is 0 Å². The van der Waals surface area contributed by atoms with Gasteiger partial charge in [0.1, 0.15) is 0 Å². The highest BCUT2D eigenvalue weighted by Gasteiger charge is 2.34. The van der Waals surface area contributed by atoms with Crippen molar-refractivity contribution in [1.29, 1.82) is 0 Å². The molecule has 0 bridgehead atoms. The number of aliphatic hydroxyl groups is 1. The summed E-state index contributed by atoms with van der Waals surface area (Å²) in [6, 6.07) is 7.52. The van der Waals surface area contributed by atoms with Gasteiger partial charge in [-0.3, -0.25) is 9.69 Å². The van der Waals surface area contributed by atoms with Crippen LogP contribution in [0.15, 0.2) is 30.3 Å². The molecule has 2 aliphatic heterocycles. The Morgan fingerprint density at radius 1 is 1.16 bits per heavy atom. The molecule has 0 aromatic heterocycles. The molecule has 1 N–H and O–H groups in total. The third-order valence-corrected chi connectivity index (χ3v) is 5.41. The van der Waals surface area contributed by atoms with Crippen molar-refractivity contribution in [3.63, 3.8) is 0 Å². The van der Waals surface area contributed by atoms with Crippen LogP contribution in [0.2, 0.25) is 5.02 Å². The average Bonchev–Trinajstić information content (AvgIpc) is 2.62. The number of benzene rings is 1. The third-order valence-electron chi connectivity index (χ3n) is 5.15. The van der Waals surface area contributed by atoms with Gasteiger partial charge in [0.2, 0.25) is 5.91 Å². The van der Waals surface area contributed by atoms with Crippen molar-refractivity contribution in [3.05, 3.63) is 40.9 Å². The number of amides is 1. The van der Waals surface area contributed by atoms with E-state index < -0.39 is 6.10 Å². The molecule has 2 fully saturated rings. The van der Waals surface area contributed by atoms with E-state index in [-0.39, 0.29) is 11.9 Å². The predicted molar refractivity (Wildman–Crippen MR) is 101 cm³/mol. The minimum absolute atomic E-state index is 0.0502.